The van der Waals surface area contributed by atoms with E-state index in [0.29, 0.717) is 33.4 Å². The lowest BCUT2D eigenvalue weighted by molar-refractivity contribution is 0.410. The normalized spacial score (nSPS) is 19.8. The van der Waals surface area contributed by atoms with Crippen molar-refractivity contribution in [1.82, 2.24) is 9.97 Å². The molecule has 4 rings (SSSR count). The van der Waals surface area contributed by atoms with Crippen molar-refractivity contribution in [2.24, 2.45) is 5.73 Å². The van der Waals surface area contributed by atoms with Gasteiger partial charge in [0.1, 0.15) is 5.02 Å². The first-order valence-electron chi connectivity index (χ1n) is 9.97. The highest BCUT2D eigenvalue weighted by molar-refractivity contribution is 7.85. The van der Waals surface area contributed by atoms with E-state index in [0.717, 1.165) is 30.6 Å². The van der Waals surface area contributed by atoms with Crippen LogP contribution in [-0.4, -0.2) is 26.3 Å². The van der Waals surface area contributed by atoms with Gasteiger partial charge in [-0.05, 0) is 49.9 Å². The molecule has 156 valence electrons. The number of hydrogen-bond donors (Lipinski definition) is 3. The van der Waals surface area contributed by atoms with Gasteiger partial charge in [0.05, 0.1) is 27.6 Å². The summed E-state index contributed by atoms with van der Waals surface area (Å²) in [5.74, 6) is 0.989. The van der Waals surface area contributed by atoms with Crippen molar-refractivity contribution >= 4 is 39.9 Å². The van der Waals surface area contributed by atoms with Crippen LogP contribution in [0.1, 0.15) is 25.7 Å². The SMILES string of the molecule is NC1CCC(Nc2ncc(Cl)c(Nc3ccccc3S(=O)c3ccccc3)n2)CC1. The quantitative estimate of drug-likeness (QED) is 0.512. The zero-order chi connectivity index (χ0) is 20.9. The number of nitrogens with zero attached hydrogens (tertiary/aromatic N) is 2. The number of anilines is 3. The third-order valence-corrected chi connectivity index (χ3v) is 6.88. The molecule has 1 atom stereocenters. The van der Waals surface area contributed by atoms with Crippen LogP contribution in [0.25, 0.3) is 0 Å². The summed E-state index contributed by atoms with van der Waals surface area (Å²) in [6, 6.07) is 17.4. The Labute approximate surface area is 183 Å². The zero-order valence-corrected chi connectivity index (χ0v) is 18.0. The third-order valence-electron chi connectivity index (χ3n) is 5.15. The van der Waals surface area contributed by atoms with E-state index in [9.17, 15) is 4.21 Å². The number of hydrogen-bond acceptors (Lipinski definition) is 6. The van der Waals surface area contributed by atoms with E-state index in [1.165, 1.54) is 0 Å². The summed E-state index contributed by atoms with van der Waals surface area (Å²) >= 11 is 6.35. The summed E-state index contributed by atoms with van der Waals surface area (Å²) in [6.07, 6.45) is 5.55. The first kappa shape index (κ1) is 20.8. The molecule has 1 aromatic heterocycles. The molecule has 0 aliphatic heterocycles. The molecule has 3 aromatic rings. The molecular weight excluding hydrogens is 418 g/mol. The van der Waals surface area contributed by atoms with E-state index >= 15 is 0 Å². The van der Waals surface area contributed by atoms with Crippen LogP contribution < -0.4 is 16.4 Å². The lowest BCUT2D eigenvalue weighted by atomic mass is 9.92. The van der Waals surface area contributed by atoms with Gasteiger partial charge in [-0.2, -0.15) is 4.98 Å². The summed E-state index contributed by atoms with van der Waals surface area (Å²) in [7, 11) is -1.33. The van der Waals surface area contributed by atoms with Crippen LogP contribution in [0.15, 0.2) is 70.6 Å². The Hall–Kier alpha value is -2.48. The van der Waals surface area contributed by atoms with E-state index in [4.69, 9.17) is 17.3 Å². The average Bonchev–Trinajstić information content (AvgIpc) is 2.78. The van der Waals surface area contributed by atoms with Crippen molar-refractivity contribution in [3.8, 4) is 0 Å². The van der Waals surface area contributed by atoms with Crippen LogP contribution in [0.5, 0.6) is 0 Å². The van der Waals surface area contributed by atoms with Crippen LogP contribution >= 0.6 is 11.6 Å². The molecule has 0 amide bonds. The molecule has 30 heavy (non-hydrogen) atoms. The Bertz CT molecular complexity index is 1030. The Morgan fingerprint density at radius 3 is 2.47 bits per heavy atom. The summed E-state index contributed by atoms with van der Waals surface area (Å²) in [5, 5.41) is 7.02. The smallest absolute Gasteiger partial charge is 0.224 e. The van der Waals surface area contributed by atoms with Gasteiger partial charge in [0.15, 0.2) is 5.82 Å². The van der Waals surface area contributed by atoms with Crippen molar-refractivity contribution in [2.45, 2.75) is 47.6 Å². The molecule has 1 aliphatic rings. The maximum absolute atomic E-state index is 13.1. The van der Waals surface area contributed by atoms with Gasteiger partial charge >= 0.3 is 0 Å². The highest BCUT2D eigenvalue weighted by Gasteiger charge is 2.20. The minimum absolute atomic E-state index is 0.286. The molecule has 2 aromatic carbocycles. The van der Waals surface area contributed by atoms with Gasteiger partial charge in [-0.25, -0.2) is 9.19 Å². The van der Waals surface area contributed by atoms with Crippen LogP contribution in [-0.2, 0) is 10.8 Å². The van der Waals surface area contributed by atoms with Crippen LogP contribution in [0.3, 0.4) is 0 Å². The molecule has 6 nitrogen and oxygen atoms in total. The molecule has 8 heteroatoms. The van der Waals surface area contributed by atoms with Gasteiger partial charge in [-0.3, -0.25) is 0 Å². The van der Waals surface area contributed by atoms with Gasteiger partial charge < -0.3 is 16.4 Å². The summed E-state index contributed by atoms with van der Waals surface area (Å²) in [4.78, 5) is 10.3. The number of nitrogens with two attached hydrogens (primary N) is 1. The van der Waals surface area contributed by atoms with Crippen molar-refractivity contribution in [2.75, 3.05) is 10.6 Å². The number of aromatic nitrogens is 2. The predicted molar refractivity (Wildman–Crippen MR) is 122 cm³/mol. The van der Waals surface area contributed by atoms with Crippen LogP contribution in [0.4, 0.5) is 17.5 Å². The molecule has 1 saturated carbocycles. The first-order chi connectivity index (χ1) is 14.6. The topological polar surface area (TPSA) is 92.9 Å². The Kier molecular flexibility index (Phi) is 6.62. The predicted octanol–water partition coefficient (Wildman–Crippen LogP) is 4.72. The summed E-state index contributed by atoms with van der Waals surface area (Å²) < 4.78 is 13.1. The number of nitrogens with one attached hydrogen (secondary N) is 2. The van der Waals surface area contributed by atoms with E-state index < -0.39 is 10.8 Å². The molecule has 0 bridgehead atoms. The molecule has 1 heterocycles. The molecule has 1 fully saturated rings. The fraction of sp³-hybridized carbons (Fsp3) is 0.273. The number of benzene rings is 2. The first-order valence-corrected chi connectivity index (χ1v) is 11.5. The van der Waals surface area contributed by atoms with Crippen LogP contribution in [0, 0.1) is 0 Å². The standard InChI is InChI=1S/C22H24ClN5OS/c23-18-14-25-22(26-16-12-10-15(24)11-13-16)28-21(18)27-19-8-4-5-9-20(19)30(29)17-6-2-1-3-7-17/h1-9,14-16H,10-13,24H2,(H2,25,26,27,28). The van der Waals surface area contributed by atoms with Gasteiger partial charge in [0.25, 0.3) is 0 Å². The Morgan fingerprint density at radius 1 is 1.00 bits per heavy atom. The zero-order valence-electron chi connectivity index (χ0n) is 16.4. The largest absolute Gasteiger partial charge is 0.351 e. The van der Waals surface area contributed by atoms with Gasteiger partial charge in [-0.15, -0.1) is 0 Å². The third kappa shape index (κ3) is 4.98. The molecular formula is C22H24ClN5OS. The fourth-order valence-corrected chi connectivity index (χ4v) is 4.82. The van der Waals surface area contributed by atoms with E-state index in [1.54, 1.807) is 6.20 Å². The maximum Gasteiger partial charge on any atom is 0.224 e. The van der Waals surface area contributed by atoms with Gasteiger partial charge in [-0.1, -0.05) is 41.9 Å². The van der Waals surface area contributed by atoms with Crippen molar-refractivity contribution in [1.29, 1.82) is 0 Å². The van der Waals surface area contributed by atoms with Crippen molar-refractivity contribution in [3.05, 3.63) is 65.8 Å². The highest BCUT2D eigenvalue weighted by Crippen LogP contribution is 2.30. The molecule has 1 unspecified atom stereocenters. The summed E-state index contributed by atoms with van der Waals surface area (Å²) in [5.41, 5.74) is 6.68. The van der Waals surface area contributed by atoms with Crippen LogP contribution in [0.2, 0.25) is 5.02 Å². The highest BCUT2D eigenvalue weighted by atomic mass is 35.5. The number of halogens is 1. The van der Waals surface area contributed by atoms with E-state index in [1.807, 2.05) is 54.6 Å². The van der Waals surface area contributed by atoms with E-state index in [-0.39, 0.29) is 6.04 Å². The van der Waals surface area contributed by atoms with Crippen molar-refractivity contribution in [3.63, 3.8) is 0 Å². The fourth-order valence-electron chi connectivity index (χ4n) is 3.50. The second-order valence-corrected chi connectivity index (χ2v) is 9.21. The van der Waals surface area contributed by atoms with Gasteiger partial charge in [0, 0.05) is 17.0 Å². The van der Waals surface area contributed by atoms with Crippen molar-refractivity contribution < 1.29 is 4.21 Å². The Balaban J connectivity index is 1.55. The molecule has 1 aliphatic carbocycles. The van der Waals surface area contributed by atoms with Gasteiger partial charge in [0.2, 0.25) is 5.95 Å². The second kappa shape index (κ2) is 9.55. The average molecular weight is 442 g/mol. The number of para-hydroxylation sites is 1. The minimum Gasteiger partial charge on any atom is -0.351 e. The maximum atomic E-state index is 13.1. The number of rotatable bonds is 6. The monoisotopic (exact) mass is 441 g/mol. The van der Waals surface area contributed by atoms with E-state index in [2.05, 4.69) is 20.6 Å². The molecule has 4 N–H and O–H groups in total. The second-order valence-electron chi connectivity index (χ2n) is 7.35. The summed E-state index contributed by atoms with van der Waals surface area (Å²) in [6.45, 7) is 0. The minimum atomic E-state index is -1.33. The Morgan fingerprint density at radius 2 is 1.70 bits per heavy atom. The lowest BCUT2D eigenvalue weighted by Gasteiger charge is -2.26. The molecule has 0 saturated heterocycles. The lowest BCUT2D eigenvalue weighted by Crippen LogP contribution is -2.33. The molecule has 0 radical (unpaired) electrons. The molecule has 0 spiro atoms.